The number of rotatable bonds is 6. The van der Waals surface area contributed by atoms with E-state index in [0.717, 1.165) is 16.9 Å². The maximum Gasteiger partial charge on any atom is 0.321 e. The number of para-hydroxylation sites is 1. The third-order valence-electron chi connectivity index (χ3n) is 4.55. The maximum atomic E-state index is 6.24. The van der Waals surface area contributed by atoms with E-state index < -0.39 is 0 Å². The first-order chi connectivity index (χ1) is 14.5. The highest BCUT2D eigenvalue weighted by Crippen LogP contribution is 2.33. The van der Waals surface area contributed by atoms with Crippen LogP contribution in [-0.2, 0) is 0 Å². The molecule has 0 aliphatic heterocycles. The zero-order chi connectivity index (χ0) is 21.3. The van der Waals surface area contributed by atoms with Gasteiger partial charge in [0.05, 0.1) is 35.9 Å². The quantitative estimate of drug-likeness (QED) is 0.411. The van der Waals surface area contributed by atoms with Crippen molar-refractivity contribution in [3.63, 3.8) is 0 Å². The van der Waals surface area contributed by atoms with Crippen LogP contribution in [0.5, 0.6) is 17.5 Å². The lowest BCUT2D eigenvalue weighted by Gasteiger charge is -2.10. The van der Waals surface area contributed by atoms with E-state index in [0.29, 0.717) is 28.4 Å². The molecule has 2 aromatic heterocycles. The monoisotopic (exact) mass is 423 g/mol. The molecule has 154 valence electrons. The van der Waals surface area contributed by atoms with E-state index in [1.807, 2.05) is 61.9 Å². The molecule has 0 unspecified atom stereocenters. The number of hydrogen-bond donors (Lipinski definition) is 0. The fraction of sp³-hybridized carbons (Fsp3) is 0.227. The van der Waals surface area contributed by atoms with Gasteiger partial charge in [-0.1, -0.05) is 23.7 Å². The molecule has 0 amide bonds. The Labute approximate surface area is 179 Å². The largest absolute Gasteiger partial charge is 0.495 e. The lowest BCUT2D eigenvalue weighted by Crippen LogP contribution is -2.05. The molecule has 2 aromatic carbocycles. The molecular formula is C22H22ClN5O2. The highest BCUT2D eigenvalue weighted by molar-refractivity contribution is 6.32. The zero-order valence-corrected chi connectivity index (χ0v) is 18.0. The second-order valence-corrected chi connectivity index (χ2v) is 7.50. The average molecular weight is 424 g/mol. The van der Waals surface area contributed by atoms with E-state index in [2.05, 4.69) is 15.1 Å². The lowest BCUT2D eigenvalue weighted by molar-refractivity contribution is 0.376. The number of halogens is 1. The van der Waals surface area contributed by atoms with E-state index >= 15 is 0 Å². The maximum absolute atomic E-state index is 6.24. The second kappa shape index (κ2) is 8.20. The molecule has 0 saturated carbocycles. The summed E-state index contributed by atoms with van der Waals surface area (Å²) in [7, 11) is 1.64. The van der Waals surface area contributed by atoms with E-state index in [1.54, 1.807) is 30.3 Å². The van der Waals surface area contributed by atoms with Crippen molar-refractivity contribution in [3.8, 4) is 34.6 Å². The zero-order valence-electron chi connectivity index (χ0n) is 17.2. The molecule has 0 saturated heterocycles. The number of imidazole rings is 1. The van der Waals surface area contributed by atoms with Crippen LogP contribution in [0.2, 0.25) is 5.02 Å². The minimum atomic E-state index is 0.0545. The second-order valence-electron chi connectivity index (χ2n) is 7.10. The Morgan fingerprint density at radius 3 is 2.53 bits per heavy atom. The van der Waals surface area contributed by atoms with Crippen molar-refractivity contribution in [3.05, 3.63) is 65.7 Å². The summed E-state index contributed by atoms with van der Waals surface area (Å²) in [5.41, 5.74) is 2.63. The van der Waals surface area contributed by atoms with Crippen molar-refractivity contribution in [2.24, 2.45) is 0 Å². The Bertz CT molecular complexity index is 1180. The predicted octanol–water partition coefficient (Wildman–Crippen LogP) is 5.47. The van der Waals surface area contributed by atoms with Crippen LogP contribution in [0.25, 0.3) is 17.1 Å². The first-order valence-corrected chi connectivity index (χ1v) is 9.92. The molecule has 30 heavy (non-hydrogen) atoms. The summed E-state index contributed by atoms with van der Waals surface area (Å²) >= 11 is 6.24. The van der Waals surface area contributed by atoms with Gasteiger partial charge in [0.1, 0.15) is 11.5 Å². The van der Waals surface area contributed by atoms with Crippen molar-refractivity contribution in [2.45, 2.75) is 26.8 Å². The molecule has 0 spiro atoms. The Hall–Kier alpha value is -3.32. The third kappa shape index (κ3) is 3.89. The summed E-state index contributed by atoms with van der Waals surface area (Å²) in [6, 6.07) is 13.5. The minimum Gasteiger partial charge on any atom is -0.495 e. The minimum absolute atomic E-state index is 0.0545. The molecular weight excluding hydrogens is 402 g/mol. The number of nitrogens with zero attached hydrogens (tertiary/aromatic N) is 5. The van der Waals surface area contributed by atoms with Gasteiger partial charge >= 0.3 is 6.01 Å². The summed E-state index contributed by atoms with van der Waals surface area (Å²) in [6.45, 7) is 5.98. The molecule has 0 aliphatic carbocycles. The number of benzene rings is 2. The van der Waals surface area contributed by atoms with Crippen LogP contribution in [-0.4, -0.2) is 31.4 Å². The van der Waals surface area contributed by atoms with Crippen molar-refractivity contribution < 1.29 is 9.47 Å². The number of hydrogen-bond acceptors (Lipinski definition) is 5. The van der Waals surface area contributed by atoms with Crippen molar-refractivity contribution in [2.75, 3.05) is 7.11 Å². The average Bonchev–Trinajstić information content (AvgIpc) is 3.36. The fourth-order valence-corrected chi connectivity index (χ4v) is 3.22. The van der Waals surface area contributed by atoms with E-state index in [-0.39, 0.29) is 6.04 Å². The summed E-state index contributed by atoms with van der Waals surface area (Å²) in [5, 5.41) is 5.16. The molecule has 2 heterocycles. The smallest absolute Gasteiger partial charge is 0.321 e. The third-order valence-corrected chi connectivity index (χ3v) is 4.87. The molecule has 0 N–H and O–H groups in total. The lowest BCUT2D eigenvalue weighted by atomic mass is 10.1. The van der Waals surface area contributed by atoms with Crippen LogP contribution in [0.3, 0.4) is 0 Å². The van der Waals surface area contributed by atoms with Crippen LogP contribution in [0.1, 0.15) is 25.6 Å². The summed E-state index contributed by atoms with van der Waals surface area (Å²) in [4.78, 5) is 8.90. The topological polar surface area (TPSA) is 67.0 Å². The first kappa shape index (κ1) is 20.0. The van der Waals surface area contributed by atoms with Gasteiger partial charge in [0.2, 0.25) is 0 Å². The van der Waals surface area contributed by atoms with Crippen molar-refractivity contribution in [1.29, 1.82) is 0 Å². The molecule has 8 heteroatoms. The molecule has 7 nitrogen and oxygen atoms in total. The number of ether oxygens (including phenoxy) is 2. The molecule has 0 atom stereocenters. The molecule has 4 rings (SSSR count). The van der Waals surface area contributed by atoms with Gasteiger partial charge < -0.3 is 14.0 Å². The molecule has 0 radical (unpaired) electrons. The standard InChI is InChI=1S/C22H22ClN5O2/c1-14(2)28-22(30-19-8-6-5-7-17(19)23)25-21(26-28)16-9-10-18(20(11-16)29-4)27-12-15(3)24-13-27/h5-14H,1-4H3. The number of aromatic nitrogens is 5. The number of aryl methyl sites for hydroxylation is 1. The SMILES string of the molecule is COc1cc(-c2nc(Oc3ccccc3Cl)n(C(C)C)n2)ccc1-n1cnc(C)c1. The van der Waals surface area contributed by atoms with Gasteiger partial charge in [0.15, 0.2) is 5.82 Å². The van der Waals surface area contributed by atoms with Crippen LogP contribution >= 0.6 is 11.6 Å². The van der Waals surface area contributed by atoms with E-state index in [4.69, 9.17) is 21.1 Å². The summed E-state index contributed by atoms with van der Waals surface area (Å²) in [5.74, 6) is 1.76. The Kier molecular flexibility index (Phi) is 5.46. The Morgan fingerprint density at radius 2 is 1.87 bits per heavy atom. The highest BCUT2D eigenvalue weighted by Gasteiger charge is 2.18. The Balaban J connectivity index is 1.73. The predicted molar refractivity (Wildman–Crippen MR) is 116 cm³/mol. The highest BCUT2D eigenvalue weighted by atomic mass is 35.5. The van der Waals surface area contributed by atoms with Crippen LogP contribution in [0, 0.1) is 6.92 Å². The molecule has 0 bridgehead atoms. The van der Waals surface area contributed by atoms with Gasteiger partial charge in [-0.2, -0.15) is 4.98 Å². The molecule has 0 aliphatic rings. The van der Waals surface area contributed by atoms with Crippen molar-refractivity contribution in [1.82, 2.24) is 24.3 Å². The van der Waals surface area contributed by atoms with Gasteiger partial charge in [-0.05, 0) is 51.1 Å². The molecule has 4 aromatic rings. The van der Waals surface area contributed by atoms with Crippen molar-refractivity contribution >= 4 is 11.6 Å². The summed E-state index contributed by atoms with van der Waals surface area (Å²) < 4.78 is 15.2. The van der Waals surface area contributed by atoms with E-state index in [9.17, 15) is 0 Å². The first-order valence-electron chi connectivity index (χ1n) is 9.54. The normalized spacial score (nSPS) is 11.1. The van der Waals surface area contributed by atoms with Crippen LogP contribution in [0.4, 0.5) is 0 Å². The Morgan fingerprint density at radius 1 is 1.07 bits per heavy atom. The molecule has 0 fully saturated rings. The van der Waals surface area contributed by atoms with Gasteiger partial charge in [-0.15, -0.1) is 5.10 Å². The van der Waals surface area contributed by atoms with Gasteiger partial charge in [0.25, 0.3) is 0 Å². The van der Waals surface area contributed by atoms with Gasteiger partial charge in [0, 0.05) is 11.8 Å². The van der Waals surface area contributed by atoms with E-state index in [1.165, 1.54) is 0 Å². The van der Waals surface area contributed by atoms with Gasteiger partial charge in [-0.25, -0.2) is 9.67 Å². The van der Waals surface area contributed by atoms with Gasteiger partial charge in [-0.3, -0.25) is 0 Å². The fourth-order valence-electron chi connectivity index (χ4n) is 3.05. The summed E-state index contributed by atoms with van der Waals surface area (Å²) in [6.07, 6.45) is 3.70. The van der Waals surface area contributed by atoms with Crippen LogP contribution < -0.4 is 9.47 Å². The number of methoxy groups -OCH3 is 1. The van der Waals surface area contributed by atoms with Crippen LogP contribution in [0.15, 0.2) is 55.0 Å².